The number of aromatic hydroxyl groups is 1. The van der Waals surface area contributed by atoms with Gasteiger partial charge in [0.1, 0.15) is 16.4 Å². The van der Waals surface area contributed by atoms with Crippen molar-refractivity contribution in [2.45, 2.75) is 6.92 Å². The molecule has 0 amide bonds. The summed E-state index contributed by atoms with van der Waals surface area (Å²) in [6, 6.07) is 2.74. The number of phenols is 1. The van der Waals surface area contributed by atoms with E-state index in [4.69, 9.17) is 23.2 Å². The van der Waals surface area contributed by atoms with E-state index in [0.717, 1.165) is 5.01 Å². The summed E-state index contributed by atoms with van der Waals surface area (Å²) in [4.78, 5) is 0. The third-order valence-corrected chi connectivity index (χ3v) is 3.10. The van der Waals surface area contributed by atoms with Crippen LogP contribution in [-0.2, 0) is 0 Å². The van der Waals surface area contributed by atoms with E-state index in [1.165, 1.54) is 23.5 Å². The maximum atomic E-state index is 9.30. The molecule has 1 heterocycles. The van der Waals surface area contributed by atoms with Gasteiger partial charge < -0.3 is 5.11 Å². The van der Waals surface area contributed by atoms with Gasteiger partial charge in [0.25, 0.3) is 5.13 Å². The van der Waals surface area contributed by atoms with Gasteiger partial charge in [0.05, 0.1) is 10.0 Å². The number of azo groups is 1. The lowest BCUT2D eigenvalue weighted by Gasteiger charge is -1.99. The molecular formula is C9H6Cl2N4OS. The Hall–Kier alpha value is -1.24. The fourth-order valence-corrected chi connectivity index (χ4v) is 1.89. The van der Waals surface area contributed by atoms with Gasteiger partial charge in [-0.15, -0.1) is 20.4 Å². The van der Waals surface area contributed by atoms with Crippen LogP contribution in [-0.4, -0.2) is 15.3 Å². The van der Waals surface area contributed by atoms with Crippen molar-refractivity contribution in [2.75, 3.05) is 0 Å². The first kappa shape index (κ1) is 12.2. The Labute approximate surface area is 111 Å². The molecule has 2 aromatic rings. The SMILES string of the molecule is Cc1nnc(N=Nc2cc(Cl)c(O)cc2Cl)s1. The molecule has 0 aliphatic carbocycles. The van der Waals surface area contributed by atoms with Crippen LogP contribution < -0.4 is 0 Å². The lowest BCUT2D eigenvalue weighted by atomic mass is 10.3. The Balaban J connectivity index is 2.30. The number of hydrogen-bond acceptors (Lipinski definition) is 6. The van der Waals surface area contributed by atoms with E-state index in [-0.39, 0.29) is 15.8 Å². The van der Waals surface area contributed by atoms with Crippen LogP contribution in [0.1, 0.15) is 5.01 Å². The second kappa shape index (κ2) is 4.95. The van der Waals surface area contributed by atoms with Crippen molar-refractivity contribution in [3.05, 3.63) is 27.2 Å². The average molecular weight is 289 g/mol. The van der Waals surface area contributed by atoms with E-state index in [1.807, 2.05) is 6.92 Å². The molecule has 88 valence electrons. The first-order valence-electron chi connectivity index (χ1n) is 4.46. The van der Waals surface area contributed by atoms with Crippen LogP contribution in [0, 0.1) is 6.92 Å². The van der Waals surface area contributed by atoms with Crippen LogP contribution in [0.5, 0.6) is 5.75 Å². The standard InChI is InChI=1S/C9H6Cl2N4OS/c1-4-12-14-9(17-4)15-13-7-2-6(11)8(16)3-5(7)10/h2-3,16H,1H3. The quantitative estimate of drug-likeness (QED) is 0.839. The lowest BCUT2D eigenvalue weighted by Crippen LogP contribution is -1.72. The highest BCUT2D eigenvalue weighted by molar-refractivity contribution is 7.14. The van der Waals surface area contributed by atoms with Crippen molar-refractivity contribution in [1.29, 1.82) is 0 Å². The zero-order chi connectivity index (χ0) is 12.4. The maximum absolute atomic E-state index is 9.30. The van der Waals surface area contributed by atoms with Gasteiger partial charge in [-0.3, -0.25) is 0 Å². The summed E-state index contributed by atoms with van der Waals surface area (Å²) in [6.45, 7) is 1.82. The van der Waals surface area contributed by atoms with Crippen molar-refractivity contribution in [3.63, 3.8) is 0 Å². The second-order valence-corrected chi connectivity index (χ2v) is 5.03. The first-order valence-corrected chi connectivity index (χ1v) is 6.03. The Morgan fingerprint density at radius 3 is 2.59 bits per heavy atom. The molecule has 17 heavy (non-hydrogen) atoms. The normalized spacial score (nSPS) is 11.2. The molecule has 0 unspecified atom stereocenters. The molecule has 0 aliphatic heterocycles. The Kier molecular flexibility index (Phi) is 3.56. The number of halogens is 2. The second-order valence-electron chi connectivity index (χ2n) is 3.06. The molecular weight excluding hydrogens is 283 g/mol. The van der Waals surface area contributed by atoms with Crippen LogP contribution in [0.2, 0.25) is 10.0 Å². The van der Waals surface area contributed by atoms with E-state index in [1.54, 1.807) is 0 Å². The minimum absolute atomic E-state index is 0.0950. The lowest BCUT2D eigenvalue weighted by molar-refractivity contribution is 0.475. The number of hydrogen-bond donors (Lipinski definition) is 1. The molecule has 1 N–H and O–H groups in total. The fourth-order valence-electron chi connectivity index (χ4n) is 1.03. The number of nitrogens with zero attached hydrogens (tertiary/aromatic N) is 4. The van der Waals surface area contributed by atoms with E-state index < -0.39 is 0 Å². The average Bonchev–Trinajstić information content (AvgIpc) is 2.68. The van der Waals surface area contributed by atoms with Crippen molar-refractivity contribution in [3.8, 4) is 5.75 Å². The van der Waals surface area contributed by atoms with Crippen LogP contribution in [0.15, 0.2) is 22.4 Å². The summed E-state index contributed by atoms with van der Waals surface area (Å²) in [5, 5.41) is 26.3. The summed E-state index contributed by atoms with van der Waals surface area (Å²) >= 11 is 12.9. The topological polar surface area (TPSA) is 70.7 Å². The molecule has 0 saturated carbocycles. The summed E-state index contributed by atoms with van der Waals surface area (Å²) in [5.41, 5.74) is 0.363. The van der Waals surface area contributed by atoms with Crippen LogP contribution >= 0.6 is 34.5 Å². The van der Waals surface area contributed by atoms with Gasteiger partial charge in [0.2, 0.25) is 0 Å². The molecule has 5 nitrogen and oxygen atoms in total. The van der Waals surface area contributed by atoms with Crippen molar-refractivity contribution >= 4 is 45.4 Å². The van der Waals surface area contributed by atoms with Gasteiger partial charge >= 0.3 is 0 Å². The third kappa shape index (κ3) is 2.91. The third-order valence-electron chi connectivity index (χ3n) is 1.77. The Morgan fingerprint density at radius 2 is 1.94 bits per heavy atom. The van der Waals surface area contributed by atoms with Gasteiger partial charge in [-0.2, -0.15) is 0 Å². The molecule has 0 fully saturated rings. The van der Waals surface area contributed by atoms with Crippen molar-refractivity contribution < 1.29 is 5.11 Å². The monoisotopic (exact) mass is 288 g/mol. The first-order chi connectivity index (χ1) is 8.06. The van der Waals surface area contributed by atoms with Crippen molar-refractivity contribution in [1.82, 2.24) is 10.2 Å². The minimum Gasteiger partial charge on any atom is -0.506 e. The molecule has 0 atom stereocenters. The zero-order valence-electron chi connectivity index (χ0n) is 8.55. The summed E-state index contributed by atoms with van der Waals surface area (Å²) in [5.74, 6) is -0.0950. The van der Waals surface area contributed by atoms with Gasteiger partial charge in [-0.25, -0.2) is 0 Å². The smallest absolute Gasteiger partial charge is 0.251 e. The fraction of sp³-hybridized carbons (Fsp3) is 0.111. The minimum atomic E-state index is -0.0950. The highest BCUT2D eigenvalue weighted by Crippen LogP contribution is 2.35. The summed E-state index contributed by atoms with van der Waals surface area (Å²) in [7, 11) is 0. The van der Waals surface area contributed by atoms with Gasteiger partial charge in [-0.05, 0) is 13.0 Å². The Morgan fingerprint density at radius 1 is 1.18 bits per heavy atom. The number of rotatable bonds is 2. The van der Waals surface area contributed by atoms with E-state index in [9.17, 15) is 5.11 Å². The van der Waals surface area contributed by atoms with E-state index >= 15 is 0 Å². The number of phenolic OH excluding ortho intramolecular Hbond substituents is 1. The molecule has 0 aliphatic rings. The molecule has 1 aromatic heterocycles. The highest BCUT2D eigenvalue weighted by Gasteiger charge is 2.06. The molecule has 0 radical (unpaired) electrons. The molecule has 0 saturated heterocycles. The molecule has 0 spiro atoms. The largest absolute Gasteiger partial charge is 0.506 e. The molecule has 8 heteroatoms. The van der Waals surface area contributed by atoms with E-state index in [2.05, 4.69) is 20.4 Å². The van der Waals surface area contributed by atoms with Gasteiger partial charge in [0.15, 0.2) is 0 Å². The van der Waals surface area contributed by atoms with Crippen molar-refractivity contribution in [2.24, 2.45) is 10.2 Å². The van der Waals surface area contributed by atoms with Crippen LogP contribution in [0.25, 0.3) is 0 Å². The molecule has 1 aromatic carbocycles. The van der Waals surface area contributed by atoms with Gasteiger partial charge in [0, 0.05) is 6.07 Å². The summed E-state index contributed by atoms with van der Waals surface area (Å²) in [6.07, 6.45) is 0. The maximum Gasteiger partial charge on any atom is 0.251 e. The number of benzene rings is 1. The predicted molar refractivity (Wildman–Crippen MR) is 66.9 cm³/mol. The van der Waals surface area contributed by atoms with E-state index in [0.29, 0.717) is 10.8 Å². The zero-order valence-corrected chi connectivity index (χ0v) is 10.9. The molecule has 2 rings (SSSR count). The number of aromatic nitrogens is 2. The number of aryl methyl sites for hydroxylation is 1. The predicted octanol–water partition coefficient (Wildman–Crippen LogP) is 4.27. The van der Waals surface area contributed by atoms with Gasteiger partial charge in [-0.1, -0.05) is 34.5 Å². The highest BCUT2D eigenvalue weighted by atomic mass is 35.5. The Bertz CT molecular complexity index is 584. The molecule has 0 bridgehead atoms. The van der Waals surface area contributed by atoms with Crippen LogP contribution in [0.4, 0.5) is 10.8 Å². The van der Waals surface area contributed by atoms with Crippen LogP contribution in [0.3, 0.4) is 0 Å². The summed E-state index contributed by atoms with van der Waals surface area (Å²) < 4.78 is 0.